The van der Waals surface area contributed by atoms with E-state index in [0.717, 1.165) is 12.6 Å². The molecule has 0 saturated carbocycles. The first kappa shape index (κ1) is 16.1. The Hall–Kier alpha value is -1.24. The lowest BCUT2D eigenvalue weighted by molar-refractivity contribution is 0.102. The van der Waals surface area contributed by atoms with Gasteiger partial charge < -0.3 is 4.90 Å². The van der Waals surface area contributed by atoms with Crippen LogP contribution in [0, 0.1) is 5.82 Å². The molecule has 1 heterocycles. The Bertz CT molecular complexity index is 672. The van der Waals surface area contributed by atoms with Crippen LogP contribution in [-0.2, 0) is 6.54 Å². The molecular formula is C14H14BrClFN3O. The van der Waals surface area contributed by atoms with Gasteiger partial charge in [0.05, 0.1) is 22.8 Å². The van der Waals surface area contributed by atoms with Gasteiger partial charge in [0.1, 0.15) is 11.5 Å². The summed E-state index contributed by atoms with van der Waals surface area (Å²) in [6.07, 6.45) is 1.54. The van der Waals surface area contributed by atoms with Crippen LogP contribution in [0.4, 0.5) is 4.39 Å². The quantitative estimate of drug-likeness (QED) is 0.754. The smallest absolute Gasteiger partial charge is 0.215 e. The number of hydrogen-bond acceptors (Lipinski definition) is 3. The van der Waals surface area contributed by atoms with Gasteiger partial charge in [-0.15, -0.1) is 0 Å². The maximum Gasteiger partial charge on any atom is 0.215 e. The Labute approximate surface area is 135 Å². The molecule has 2 rings (SSSR count). The van der Waals surface area contributed by atoms with Gasteiger partial charge in [-0.3, -0.25) is 9.48 Å². The SMILES string of the molecule is CN(C)CCn1ncc(Br)c1C(=O)c1ccc(Cl)cc1F. The second-order valence-corrected chi connectivity index (χ2v) is 6.11. The molecule has 112 valence electrons. The third kappa shape index (κ3) is 3.70. The fourth-order valence-electron chi connectivity index (χ4n) is 1.85. The zero-order chi connectivity index (χ0) is 15.6. The van der Waals surface area contributed by atoms with Gasteiger partial charge in [-0.05, 0) is 48.2 Å². The molecule has 0 atom stereocenters. The molecule has 21 heavy (non-hydrogen) atoms. The van der Waals surface area contributed by atoms with Gasteiger partial charge in [0.25, 0.3) is 0 Å². The fraction of sp³-hybridized carbons (Fsp3) is 0.286. The topological polar surface area (TPSA) is 38.1 Å². The molecule has 0 fully saturated rings. The van der Waals surface area contributed by atoms with Gasteiger partial charge in [-0.25, -0.2) is 4.39 Å². The van der Waals surface area contributed by atoms with Crippen LogP contribution in [0.15, 0.2) is 28.9 Å². The van der Waals surface area contributed by atoms with E-state index in [2.05, 4.69) is 21.0 Å². The highest BCUT2D eigenvalue weighted by atomic mass is 79.9. The van der Waals surface area contributed by atoms with E-state index < -0.39 is 11.6 Å². The minimum atomic E-state index is -0.639. The number of benzene rings is 1. The molecule has 0 radical (unpaired) electrons. The molecule has 0 amide bonds. The van der Waals surface area contributed by atoms with Crippen LogP contribution in [0.1, 0.15) is 16.1 Å². The first-order valence-electron chi connectivity index (χ1n) is 6.26. The van der Waals surface area contributed by atoms with Crippen molar-refractivity contribution >= 4 is 33.3 Å². The molecule has 1 aromatic carbocycles. The molecule has 0 aliphatic heterocycles. The summed E-state index contributed by atoms with van der Waals surface area (Å²) in [5, 5.41) is 4.41. The lowest BCUT2D eigenvalue weighted by Gasteiger charge is -2.12. The third-order valence-corrected chi connectivity index (χ3v) is 3.76. The van der Waals surface area contributed by atoms with Gasteiger partial charge in [0.2, 0.25) is 5.78 Å². The summed E-state index contributed by atoms with van der Waals surface area (Å²) in [7, 11) is 3.86. The molecule has 1 aromatic heterocycles. The third-order valence-electron chi connectivity index (χ3n) is 2.94. The Morgan fingerprint density at radius 3 is 2.81 bits per heavy atom. The van der Waals surface area contributed by atoms with E-state index in [1.807, 2.05) is 19.0 Å². The summed E-state index contributed by atoms with van der Waals surface area (Å²) >= 11 is 9.00. The lowest BCUT2D eigenvalue weighted by atomic mass is 10.1. The van der Waals surface area contributed by atoms with Gasteiger partial charge >= 0.3 is 0 Å². The highest BCUT2D eigenvalue weighted by Crippen LogP contribution is 2.23. The Kier molecular flexibility index (Phi) is 5.13. The number of ketones is 1. The molecule has 0 unspecified atom stereocenters. The van der Waals surface area contributed by atoms with Gasteiger partial charge in [0, 0.05) is 11.6 Å². The van der Waals surface area contributed by atoms with Crippen molar-refractivity contribution in [2.24, 2.45) is 0 Å². The number of halogens is 3. The van der Waals surface area contributed by atoms with E-state index >= 15 is 0 Å². The standard InChI is InChI=1S/C14H14BrClFN3O/c1-19(2)5-6-20-13(11(15)8-18-20)14(21)10-4-3-9(16)7-12(10)17/h3-4,7-8H,5-6H2,1-2H3. The number of likely N-dealkylation sites (N-methyl/N-ethyl adjacent to an activating group) is 1. The van der Waals surface area contributed by atoms with E-state index in [-0.39, 0.29) is 10.6 Å². The molecule has 0 N–H and O–H groups in total. The summed E-state index contributed by atoms with van der Waals surface area (Å²) in [6, 6.07) is 4.01. The summed E-state index contributed by atoms with van der Waals surface area (Å²) in [4.78, 5) is 14.5. The first-order chi connectivity index (χ1) is 9.90. The highest BCUT2D eigenvalue weighted by Gasteiger charge is 2.21. The monoisotopic (exact) mass is 373 g/mol. The maximum absolute atomic E-state index is 13.9. The Morgan fingerprint density at radius 2 is 2.19 bits per heavy atom. The van der Waals surface area contributed by atoms with Crippen LogP contribution in [0.3, 0.4) is 0 Å². The predicted octanol–water partition coefficient (Wildman–Crippen LogP) is 3.23. The number of carbonyl (C=O) groups excluding carboxylic acids is 1. The van der Waals surface area contributed by atoms with Crippen LogP contribution < -0.4 is 0 Å². The molecular weight excluding hydrogens is 361 g/mol. The van der Waals surface area contributed by atoms with E-state index in [1.54, 1.807) is 4.68 Å². The molecule has 0 spiro atoms. The molecule has 2 aromatic rings. The number of hydrogen-bond donors (Lipinski definition) is 0. The maximum atomic E-state index is 13.9. The van der Waals surface area contributed by atoms with Crippen molar-refractivity contribution < 1.29 is 9.18 Å². The van der Waals surface area contributed by atoms with Crippen molar-refractivity contribution in [3.63, 3.8) is 0 Å². The zero-order valence-corrected chi connectivity index (χ0v) is 13.9. The average molecular weight is 375 g/mol. The van der Waals surface area contributed by atoms with Gasteiger partial charge in [0.15, 0.2) is 0 Å². The summed E-state index contributed by atoms with van der Waals surface area (Å²) in [5.74, 6) is -1.06. The summed E-state index contributed by atoms with van der Waals surface area (Å²) < 4.78 is 16.0. The van der Waals surface area contributed by atoms with Crippen molar-refractivity contribution in [3.05, 3.63) is 51.0 Å². The largest absolute Gasteiger partial charge is 0.308 e. The Balaban J connectivity index is 2.36. The van der Waals surface area contributed by atoms with E-state index in [0.29, 0.717) is 16.7 Å². The number of rotatable bonds is 5. The minimum absolute atomic E-state index is 0.0216. The van der Waals surface area contributed by atoms with Crippen molar-refractivity contribution in [3.8, 4) is 0 Å². The fourth-order valence-corrected chi connectivity index (χ4v) is 2.49. The van der Waals surface area contributed by atoms with E-state index in [4.69, 9.17) is 11.6 Å². The van der Waals surface area contributed by atoms with Crippen LogP contribution in [-0.4, -0.2) is 41.1 Å². The minimum Gasteiger partial charge on any atom is -0.308 e. The van der Waals surface area contributed by atoms with Crippen molar-refractivity contribution in [1.29, 1.82) is 0 Å². The number of nitrogens with zero attached hydrogens (tertiary/aromatic N) is 3. The van der Waals surface area contributed by atoms with Gasteiger partial charge in [-0.2, -0.15) is 5.10 Å². The van der Waals surface area contributed by atoms with Crippen LogP contribution in [0.5, 0.6) is 0 Å². The van der Waals surface area contributed by atoms with E-state index in [1.165, 1.54) is 18.3 Å². The molecule has 0 bridgehead atoms. The summed E-state index contributed by atoms with van der Waals surface area (Å²) in [5.41, 5.74) is 0.310. The number of aromatic nitrogens is 2. The first-order valence-corrected chi connectivity index (χ1v) is 7.43. The molecule has 0 saturated heterocycles. The predicted molar refractivity (Wildman–Crippen MR) is 83.3 cm³/mol. The molecule has 0 aliphatic carbocycles. The normalized spacial score (nSPS) is 11.1. The van der Waals surface area contributed by atoms with Crippen molar-refractivity contribution in [1.82, 2.24) is 14.7 Å². The van der Waals surface area contributed by atoms with Crippen LogP contribution in [0.2, 0.25) is 5.02 Å². The highest BCUT2D eigenvalue weighted by molar-refractivity contribution is 9.10. The molecule has 0 aliphatic rings. The van der Waals surface area contributed by atoms with Crippen LogP contribution >= 0.6 is 27.5 Å². The summed E-state index contributed by atoms with van der Waals surface area (Å²) in [6.45, 7) is 1.26. The number of carbonyl (C=O) groups is 1. The lowest BCUT2D eigenvalue weighted by Crippen LogP contribution is -2.22. The molecule has 7 heteroatoms. The second-order valence-electron chi connectivity index (χ2n) is 4.82. The van der Waals surface area contributed by atoms with Gasteiger partial charge in [-0.1, -0.05) is 11.6 Å². The van der Waals surface area contributed by atoms with Crippen molar-refractivity contribution in [2.75, 3.05) is 20.6 Å². The average Bonchev–Trinajstić information content (AvgIpc) is 2.77. The van der Waals surface area contributed by atoms with E-state index in [9.17, 15) is 9.18 Å². The van der Waals surface area contributed by atoms with Crippen LogP contribution in [0.25, 0.3) is 0 Å². The zero-order valence-electron chi connectivity index (χ0n) is 11.6. The molecule has 4 nitrogen and oxygen atoms in total. The second kappa shape index (κ2) is 6.68. The Morgan fingerprint density at radius 1 is 1.48 bits per heavy atom. The van der Waals surface area contributed by atoms with Crippen molar-refractivity contribution in [2.45, 2.75) is 6.54 Å².